The second-order valence-corrected chi connectivity index (χ2v) is 8.61. The summed E-state index contributed by atoms with van der Waals surface area (Å²) >= 11 is 10.0. The first-order valence-electron chi connectivity index (χ1n) is 4.59. The molecule has 116 valence electrons. The van der Waals surface area contributed by atoms with Gasteiger partial charge in [0.15, 0.2) is 12.3 Å². The van der Waals surface area contributed by atoms with Crippen LogP contribution < -0.4 is 0 Å². The summed E-state index contributed by atoms with van der Waals surface area (Å²) in [6, 6.07) is -1.37. The van der Waals surface area contributed by atoms with Crippen LogP contribution in [0.2, 0.25) is 6.04 Å². The van der Waals surface area contributed by atoms with Crippen LogP contribution in [0.15, 0.2) is 0 Å². The number of hydrogen-bond acceptors (Lipinski definition) is 0. The van der Waals surface area contributed by atoms with Crippen LogP contribution >= 0.6 is 22.2 Å². The summed E-state index contributed by atoms with van der Waals surface area (Å²) in [5, 5.41) is 0. The summed E-state index contributed by atoms with van der Waals surface area (Å²) in [4.78, 5) is 0. The highest BCUT2D eigenvalue weighted by molar-refractivity contribution is 7.33. The van der Waals surface area contributed by atoms with E-state index in [1.54, 1.807) is 0 Å². The van der Waals surface area contributed by atoms with Gasteiger partial charge in [-0.05, 0) is 0 Å². The van der Waals surface area contributed by atoms with E-state index in [-0.39, 0.29) is 0 Å². The first-order valence-corrected chi connectivity index (χ1v) is 8.90. The van der Waals surface area contributed by atoms with E-state index in [4.69, 9.17) is 22.2 Å². The second kappa shape index (κ2) is 6.75. The summed E-state index contributed by atoms with van der Waals surface area (Å²) in [6.45, 7) is 0. The number of halogens is 11. The van der Waals surface area contributed by atoms with E-state index in [0.29, 0.717) is 0 Å². The number of rotatable bonds is 7. The zero-order chi connectivity index (χ0) is 15.6. The fourth-order valence-electron chi connectivity index (χ4n) is 1.02. The van der Waals surface area contributed by atoms with Crippen LogP contribution in [0, 0.1) is 0 Å². The Hall–Kier alpha value is 0.167. The normalized spacial score (nSPS) is 18.8. The Bertz CT molecular complexity index is 288. The molecular formula is C7H7Cl2F9Si. The van der Waals surface area contributed by atoms with Crippen LogP contribution in [0.1, 0.15) is 0 Å². The lowest BCUT2D eigenvalue weighted by Crippen LogP contribution is -2.57. The van der Waals surface area contributed by atoms with Crippen molar-refractivity contribution in [1.82, 2.24) is 0 Å². The van der Waals surface area contributed by atoms with Gasteiger partial charge in [-0.1, -0.05) is 0 Å². The molecule has 0 aromatic heterocycles. The number of alkyl halides is 9. The predicted octanol–water partition coefficient (Wildman–Crippen LogP) is 4.23. The predicted molar refractivity (Wildman–Crippen MR) is 54.2 cm³/mol. The van der Waals surface area contributed by atoms with Gasteiger partial charge in [-0.15, -0.1) is 0 Å². The summed E-state index contributed by atoms with van der Waals surface area (Å²) in [5.74, 6) is -11.7. The maximum absolute atomic E-state index is 13.0. The van der Waals surface area contributed by atoms with Gasteiger partial charge in [0.25, 0.3) is 6.43 Å². The lowest BCUT2D eigenvalue weighted by molar-refractivity contribution is -0.274. The van der Waals surface area contributed by atoms with Crippen LogP contribution in [-0.4, -0.2) is 44.2 Å². The van der Waals surface area contributed by atoms with Gasteiger partial charge >= 0.3 is 11.8 Å². The van der Waals surface area contributed by atoms with Gasteiger partial charge in [-0.2, -0.15) is 39.7 Å². The Kier molecular flexibility index (Phi) is 6.81. The Balaban J connectivity index is 5.14. The molecule has 0 fully saturated rings. The summed E-state index contributed by atoms with van der Waals surface area (Å²) in [7, 11) is -3.08. The molecule has 0 nitrogen and oxygen atoms in total. The van der Waals surface area contributed by atoms with Crippen molar-refractivity contribution in [2.45, 2.75) is 42.8 Å². The molecule has 19 heavy (non-hydrogen) atoms. The highest BCUT2D eigenvalue weighted by atomic mass is 35.7. The largest absolute Gasteiger partial charge is 0.346 e. The van der Waals surface area contributed by atoms with Gasteiger partial charge in [0.1, 0.15) is 0 Å². The fraction of sp³-hybridized carbons (Fsp3) is 1.00. The maximum atomic E-state index is 13.0. The molecule has 0 spiro atoms. The third-order valence-electron chi connectivity index (χ3n) is 2.09. The summed E-state index contributed by atoms with van der Waals surface area (Å²) < 4.78 is 113. The molecule has 0 aliphatic carbocycles. The van der Waals surface area contributed by atoms with Crippen molar-refractivity contribution in [2.24, 2.45) is 0 Å². The molecule has 0 aromatic rings. The first kappa shape index (κ1) is 19.2. The quantitative estimate of drug-likeness (QED) is 0.362. The minimum absolute atomic E-state index is 1.37. The third-order valence-corrected chi connectivity index (χ3v) is 3.93. The molecular weight excluding hydrogens is 354 g/mol. The van der Waals surface area contributed by atoms with E-state index in [0.717, 1.165) is 0 Å². The van der Waals surface area contributed by atoms with Crippen LogP contribution in [0.3, 0.4) is 0 Å². The minimum atomic E-state index is -5.96. The molecule has 0 heterocycles. The lowest BCUT2D eigenvalue weighted by atomic mass is 10.00. The van der Waals surface area contributed by atoms with Crippen LogP contribution in [0.25, 0.3) is 0 Å². The molecule has 12 heteroatoms. The Morgan fingerprint density at radius 3 is 1.58 bits per heavy atom. The summed E-state index contributed by atoms with van der Waals surface area (Å²) in [5.41, 5.74) is 0. The van der Waals surface area contributed by atoms with Crippen LogP contribution in [-0.2, 0) is 0 Å². The third kappa shape index (κ3) is 4.32. The minimum Gasteiger partial charge on any atom is -0.241 e. The van der Waals surface area contributed by atoms with Crippen molar-refractivity contribution in [3.05, 3.63) is 0 Å². The fourth-order valence-corrected chi connectivity index (χ4v) is 2.57. The topological polar surface area (TPSA) is 0 Å². The SMILES string of the molecule is FC(F)C(F)C(F)C(F)(F)C(F)(F)C(F)C[SiH](Cl)Cl. The van der Waals surface area contributed by atoms with Gasteiger partial charge in [0, 0.05) is 6.04 Å². The molecule has 0 saturated heterocycles. The van der Waals surface area contributed by atoms with E-state index < -0.39 is 50.2 Å². The average molecular weight is 361 g/mol. The lowest BCUT2D eigenvalue weighted by Gasteiger charge is -2.32. The molecule has 0 N–H and O–H groups in total. The van der Waals surface area contributed by atoms with E-state index in [1.807, 2.05) is 0 Å². The molecule has 0 bridgehead atoms. The van der Waals surface area contributed by atoms with Gasteiger partial charge in [0.2, 0.25) is 13.6 Å². The van der Waals surface area contributed by atoms with E-state index in [9.17, 15) is 39.5 Å². The molecule has 3 unspecified atom stereocenters. The van der Waals surface area contributed by atoms with Gasteiger partial charge in [0.05, 0.1) is 0 Å². The molecule has 0 radical (unpaired) electrons. The van der Waals surface area contributed by atoms with Gasteiger partial charge in [-0.3, -0.25) is 0 Å². The smallest absolute Gasteiger partial charge is 0.241 e. The summed E-state index contributed by atoms with van der Waals surface area (Å²) in [6.07, 6.45) is -16.7. The first-order chi connectivity index (χ1) is 8.35. The Morgan fingerprint density at radius 1 is 0.842 bits per heavy atom. The van der Waals surface area contributed by atoms with Crippen molar-refractivity contribution >= 4 is 29.6 Å². The van der Waals surface area contributed by atoms with Crippen molar-refractivity contribution in [3.8, 4) is 0 Å². The molecule has 0 aliphatic rings. The van der Waals surface area contributed by atoms with Crippen molar-refractivity contribution in [2.75, 3.05) is 0 Å². The molecule has 0 rings (SSSR count). The van der Waals surface area contributed by atoms with Crippen molar-refractivity contribution in [1.29, 1.82) is 0 Å². The molecule has 3 atom stereocenters. The Labute approximate surface area is 112 Å². The second-order valence-electron chi connectivity index (χ2n) is 3.52. The number of hydrogen-bond donors (Lipinski definition) is 0. The van der Waals surface area contributed by atoms with E-state index in [2.05, 4.69) is 0 Å². The van der Waals surface area contributed by atoms with Crippen LogP contribution in [0.4, 0.5) is 39.5 Å². The molecule has 0 aliphatic heterocycles. The van der Waals surface area contributed by atoms with Gasteiger partial charge in [-0.25, -0.2) is 22.0 Å². The van der Waals surface area contributed by atoms with Crippen molar-refractivity contribution < 1.29 is 39.5 Å². The van der Waals surface area contributed by atoms with E-state index >= 15 is 0 Å². The zero-order valence-corrected chi connectivity index (χ0v) is 11.4. The highest BCUT2D eigenvalue weighted by Gasteiger charge is 2.68. The standard InChI is InChI=1S/C7H7Cl2F9Si/c8-19(9)1-2(10)6(15,16)7(17,18)4(12)3(11)5(13)14/h2-5,19H,1H2. The highest BCUT2D eigenvalue weighted by Crippen LogP contribution is 2.45. The molecule has 0 amide bonds. The average Bonchev–Trinajstić information content (AvgIpc) is 2.25. The molecule has 0 saturated carbocycles. The van der Waals surface area contributed by atoms with Crippen molar-refractivity contribution in [3.63, 3.8) is 0 Å². The zero-order valence-electron chi connectivity index (χ0n) is 8.75. The van der Waals surface area contributed by atoms with Crippen LogP contribution in [0.5, 0.6) is 0 Å². The van der Waals surface area contributed by atoms with Gasteiger partial charge < -0.3 is 0 Å². The molecule has 0 aromatic carbocycles. The monoisotopic (exact) mass is 360 g/mol. The van der Waals surface area contributed by atoms with E-state index in [1.165, 1.54) is 0 Å². The Morgan fingerprint density at radius 2 is 1.26 bits per heavy atom. The maximum Gasteiger partial charge on any atom is 0.346 e.